The molecule has 0 amide bonds. The lowest BCUT2D eigenvalue weighted by Crippen LogP contribution is -2.44. The van der Waals surface area contributed by atoms with E-state index in [9.17, 15) is 14.7 Å². The highest BCUT2D eigenvalue weighted by Gasteiger charge is 2.45. The lowest BCUT2D eigenvalue weighted by atomic mass is 9.82. The van der Waals surface area contributed by atoms with Crippen molar-refractivity contribution in [2.45, 2.75) is 18.6 Å². The molecular formula is C25H21N3O3. The van der Waals surface area contributed by atoms with E-state index in [2.05, 4.69) is 27.7 Å². The highest BCUT2D eigenvalue weighted by molar-refractivity contribution is 6.31. The van der Waals surface area contributed by atoms with Crippen molar-refractivity contribution in [3.05, 3.63) is 88.5 Å². The molecule has 1 unspecified atom stereocenters. The van der Waals surface area contributed by atoms with Crippen LogP contribution in [0.1, 0.15) is 43.8 Å². The van der Waals surface area contributed by atoms with Gasteiger partial charge >= 0.3 is 0 Å². The van der Waals surface area contributed by atoms with Crippen molar-refractivity contribution in [1.82, 2.24) is 4.90 Å². The number of phenols is 1. The second-order valence-electron chi connectivity index (χ2n) is 8.55. The molecule has 154 valence electrons. The number of hydrogen-bond donors (Lipinski definition) is 3. The summed E-state index contributed by atoms with van der Waals surface area (Å²) in [6.07, 6.45) is 0.868. The van der Waals surface area contributed by atoms with Gasteiger partial charge in [0.15, 0.2) is 11.6 Å². The van der Waals surface area contributed by atoms with Gasteiger partial charge in [-0.2, -0.15) is 0 Å². The molecule has 0 saturated carbocycles. The van der Waals surface area contributed by atoms with E-state index in [1.165, 1.54) is 11.6 Å². The first kappa shape index (κ1) is 18.2. The Bertz CT molecular complexity index is 1250. The Labute approximate surface area is 179 Å². The van der Waals surface area contributed by atoms with Crippen molar-refractivity contribution in [3.63, 3.8) is 0 Å². The molecule has 1 saturated heterocycles. The van der Waals surface area contributed by atoms with E-state index in [1.807, 2.05) is 24.3 Å². The fraction of sp³-hybridized carbons (Fsp3) is 0.200. The van der Waals surface area contributed by atoms with Gasteiger partial charge in [-0.1, -0.05) is 42.5 Å². The third kappa shape index (κ3) is 2.68. The molecule has 1 fully saturated rings. The predicted molar refractivity (Wildman–Crippen MR) is 118 cm³/mol. The Kier molecular flexibility index (Phi) is 3.76. The summed E-state index contributed by atoms with van der Waals surface area (Å²) in [6, 6.07) is 18.6. The Balaban J connectivity index is 1.34. The predicted octanol–water partition coefficient (Wildman–Crippen LogP) is 3.61. The Morgan fingerprint density at radius 1 is 0.871 bits per heavy atom. The first-order chi connectivity index (χ1) is 15.0. The maximum Gasteiger partial charge on any atom is 0.200 e. The summed E-state index contributed by atoms with van der Waals surface area (Å²) in [6.45, 7) is 2.55. The Morgan fingerprint density at radius 3 is 2.52 bits per heavy atom. The molecule has 2 aliphatic heterocycles. The summed E-state index contributed by atoms with van der Waals surface area (Å²) < 4.78 is 0. The van der Waals surface area contributed by atoms with Gasteiger partial charge in [-0.25, -0.2) is 0 Å². The van der Waals surface area contributed by atoms with Crippen molar-refractivity contribution in [2.24, 2.45) is 0 Å². The summed E-state index contributed by atoms with van der Waals surface area (Å²) in [5.41, 5.74) is 3.44. The van der Waals surface area contributed by atoms with Crippen LogP contribution < -0.4 is 10.6 Å². The number of carbonyl (C=O) groups is 2. The minimum absolute atomic E-state index is 0.0910. The number of ketones is 2. The van der Waals surface area contributed by atoms with E-state index in [4.69, 9.17) is 0 Å². The molecule has 1 aliphatic carbocycles. The molecule has 0 aromatic heterocycles. The number of likely N-dealkylation sites (tertiary alicyclic amines) is 1. The SMILES string of the molecule is O=C1c2cccc(O)c2C(=O)c2c1ccc1c2NC2(CCN(Cc3ccccc3)C2)N1. The third-order valence-electron chi connectivity index (χ3n) is 6.53. The summed E-state index contributed by atoms with van der Waals surface area (Å²) in [4.78, 5) is 28.8. The van der Waals surface area contributed by atoms with Crippen molar-refractivity contribution in [2.75, 3.05) is 23.7 Å². The number of carbonyl (C=O) groups excluding carboxylic acids is 2. The van der Waals surface area contributed by atoms with Crippen LogP contribution in [0, 0.1) is 0 Å². The summed E-state index contributed by atoms with van der Waals surface area (Å²) in [7, 11) is 0. The van der Waals surface area contributed by atoms with Gasteiger partial charge in [0.25, 0.3) is 0 Å². The maximum atomic E-state index is 13.4. The van der Waals surface area contributed by atoms with Crippen LogP contribution in [0.2, 0.25) is 0 Å². The molecule has 3 aromatic rings. The number of nitrogens with zero attached hydrogens (tertiary/aromatic N) is 1. The number of fused-ring (bicyclic) bond motifs is 4. The summed E-state index contributed by atoms with van der Waals surface area (Å²) in [5.74, 6) is -0.706. The first-order valence-electron chi connectivity index (χ1n) is 10.5. The van der Waals surface area contributed by atoms with E-state index >= 15 is 0 Å². The lowest BCUT2D eigenvalue weighted by Gasteiger charge is -2.26. The van der Waals surface area contributed by atoms with Crippen LogP contribution in [0.25, 0.3) is 0 Å². The van der Waals surface area contributed by atoms with Gasteiger partial charge in [0.2, 0.25) is 0 Å². The third-order valence-corrected chi connectivity index (χ3v) is 6.53. The maximum absolute atomic E-state index is 13.4. The van der Waals surface area contributed by atoms with E-state index in [0.717, 1.165) is 31.7 Å². The van der Waals surface area contributed by atoms with Crippen LogP contribution in [-0.2, 0) is 6.54 Å². The number of phenolic OH excluding ortho intramolecular Hbond substituents is 1. The minimum Gasteiger partial charge on any atom is -0.507 e. The number of aromatic hydroxyl groups is 1. The fourth-order valence-corrected chi connectivity index (χ4v) is 5.10. The Morgan fingerprint density at radius 2 is 1.68 bits per heavy atom. The van der Waals surface area contributed by atoms with Crippen LogP contribution in [0.5, 0.6) is 5.75 Å². The largest absolute Gasteiger partial charge is 0.507 e. The molecule has 0 radical (unpaired) electrons. The fourth-order valence-electron chi connectivity index (χ4n) is 5.10. The molecule has 3 N–H and O–H groups in total. The number of anilines is 2. The molecule has 3 aromatic carbocycles. The van der Waals surface area contributed by atoms with Crippen LogP contribution >= 0.6 is 0 Å². The molecule has 1 spiro atoms. The monoisotopic (exact) mass is 411 g/mol. The van der Waals surface area contributed by atoms with Crippen LogP contribution in [0.15, 0.2) is 60.7 Å². The normalized spacial score (nSPS) is 21.4. The van der Waals surface area contributed by atoms with E-state index in [0.29, 0.717) is 16.8 Å². The average molecular weight is 411 g/mol. The molecule has 3 aliphatic rings. The minimum atomic E-state index is -0.380. The highest BCUT2D eigenvalue weighted by atomic mass is 16.3. The average Bonchev–Trinajstić information content (AvgIpc) is 3.34. The summed E-state index contributed by atoms with van der Waals surface area (Å²) >= 11 is 0. The molecule has 31 heavy (non-hydrogen) atoms. The summed E-state index contributed by atoms with van der Waals surface area (Å²) in [5, 5.41) is 17.4. The van der Waals surface area contributed by atoms with Gasteiger partial charge in [0.1, 0.15) is 11.4 Å². The number of benzene rings is 3. The quantitative estimate of drug-likeness (QED) is 0.468. The Hall–Kier alpha value is -3.64. The zero-order valence-electron chi connectivity index (χ0n) is 16.8. The van der Waals surface area contributed by atoms with Gasteiger partial charge in [-0.15, -0.1) is 0 Å². The first-order valence-corrected chi connectivity index (χ1v) is 10.5. The van der Waals surface area contributed by atoms with Crippen molar-refractivity contribution < 1.29 is 14.7 Å². The highest BCUT2D eigenvalue weighted by Crippen LogP contribution is 2.45. The lowest BCUT2D eigenvalue weighted by molar-refractivity contribution is 0.0977. The zero-order valence-corrected chi connectivity index (χ0v) is 16.8. The van der Waals surface area contributed by atoms with Crippen molar-refractivity contribution >= 4 is 22.9 Å². The van der Waals surface area contributed by atoms with Crippen LogP contribution in [0.3, 0.4) is 0 Å². The number of hydrogen-bond acceptors (Lipinski definition) is 6. The molecular weight excluding hydrogens is 390 g/mol. The molecule has 6 heteroatoms. The van der Waals surface area contributed by atoms with E-state index in [-0.39, 0.29) is 34.1 Å². The van der Waals surface area contributed by atoms with Crippen LogP contribution in [-0.4, -0.2) is 40.3 Å². The van der Waals surface area contributed by atoms with Gasteiger partial charge in [0, 0.05) is 37.2 Å². The number of nitrogens with one attached hydrogen (secondary N) is 2. The smallest absolute Gasteiger partial charge is 0.200 e. The zero-order chi connectivity index (χ0) is 21.2. The standard InChI is InChI=1S/C25H21N3O3/c29-19-8-4-7-16-20(19)24(31)21-17(23(16)30)9-10-18-22(21)27-25(26-18)11-12-28(14-25)13-15-5-2-1-3-6-15/h1-10,26-27,29H,11-14H2. The molecule has 0 bridgehead atoms. The van der Waals surface area contributed by atoms with Gasteiger partial charge in [-0.3, -0.25) is 14.5 Å². The topological polar surface area (TPSA) is 81.7 Å². The molecule has 2 heterocycles. The van der Waals surface area contributed by atoms with Gasteiger partial charge in [0.05, 0.1) is 22.5 Å². The van der Waals surface area contributed by atoms with Crippen molar-refractivity contribution in [3.8, 4) is 5.75 Å². The second-order valence-corrected chi connectivity index (χ2v) is 8.55. The van der Waals surface area contributed by atoms with Crippen LogP contribution in [0.4, 0.5) is 11.4 Å². The van der Waals surface area contributed by atoms with E-state index in [1.54, 1.807) is 18.2 Å². The molecule has 6 rings (SSSR count). The second kappa shape index (κ2) is 6.43. The van der Waals surface area contributed by atoms with E-state index < -0.39 is 0 Å². The van der Waals surface area contributed by atoms with Gasteiger partial charge < -0.3 is 15.7 Å². The molecule has 6 nitrogen and oxygen atoms in total. The molecule has 1 atom stereocenters. The van der Waals surface area contributed by atoms with Gasteiger partial charge in [-0.05, 0) is 23.8 Å². The number of rotatable bonds is 2. The van der Waals surface area contributed by atoms with Crippen molar-refractivity contribution in [1.29, 1.82) is 0 Å².